The second kappa shape index (κ2) is 37.4. The molecular weight excluding hydrogens is 1170 g/mol. The Morgan fingerprint density at radius 2 is 0.725 bits per heavy atom. The number of rotatable bonds is 38. The van der Waals surface area contributed by atoms with Gasteiger partial charge in [-0.2, -0.15) is 0 Å². The standard InChI is InChI=1S/C64H85N13O14/c1-89-53-26-22-40(70-60(83)47(69)17-7-11-29-65)35-44(53)57(80)76-50(20-10-14-32-68)63(86)73-41-23-27-54(90-2)45(36-41)58(81)75-49(19-9-13-31-67)62(85)71-39-21-25-52(78)43(34-39)56(79)74-48(18-8-12-30-66)61(84)72-42-24-28-55(91-3)46(37-42)59(82)77-51(64(87)88)33-38-15-5-4-6-16-38/h4-6,15-16,21-28,34-37,47-51,78H,7-14,17-20,29-33,65-69H2,1-3H3,(H,70,83)(H,71,85)(H,72,84)(H,73,86)(H,74,79)(H,75,81)(H,76,80)(H,77,82)(H,87,88). The maximum absolute atomic E-state index is 14.3. The van der Waals surface area contributed by atoms with Crippen LogP contribution in [0.4, 0.5) is 22.7 Å². The highest BCUT2D eigenvalue weighted by molar-refractivity contribution is 6.08. The number of aromatic hydroxyl groups is 1. The molecule has 0 aliphatic heterocycles. The predicted molar refractivity (Wildman–Crippen MR) is 344 cm³/mol. The van der Waals surface area contributed by atoms with Crippen LogP contribution in [-0.2, 0) is 30.4 Å². The smallest absolute Gasteiger partial charge is 0.326 e. The van der Waals surface area contributed by atoms with Crippen LogP contribution in [0.2, 0.25) is 0 Å². The quantitative estimate of drug-likeness (QED) is 0.0197. The number of nitrogens with two attached hydrogens (primary N) is 5. The predicted octanol–water partition coefficient (Wildman–Crippen LogP) is 3.84. The Balaban J connectivity index is 1.31. The van der Waals surface area contributed by atoms with Gasteiger partial charge in [0.2, 0.25) is 23.6 Å². The number of unbranched alkanes of at least 4 members (excludes halogenated alkanes) is 4. The molecule has 0 radical (unpaired) electrons. The molecule has 0 aromatic heterocycles. The van der Waals surface area contributed by atoms with E-state index < -0.39 is 89.2 Å². The summed E-state index contributed by atoms with van der Waals surface area (Å²) in [6.45, 7) is 1.34. The summed E-state index contributed by atoms with van der Waals surface area (Å²) in [6.07, 6.45) is 4.77. The molecule has 5 unspecified atom stereocenters. The number of phenols is 1. The van der Waals surface area contributed by atoms with Crippen LogP contribution in [0, 0.1) is 0 Å². The van der Waals surface area contributed by atoms with Gasteiger partial charge in [0.25, 0.3) is 23.6 Å². The fraction of sp³-hybridized carbons (Fsp3) is 0.391. The van der Waals surface area contributed by atoms with Gasteiger partial charge in [0.05, 0.1) is 49.6 Å². The summed E-state index contributed by atoms with van der Waals surface area (Å²) in [4.78, 5) is 123. The lowest BCUT2D eigenvalue weighted by Gasteiger charge is -2.21. The molecule has 0 heterocycles. The number of carboxylic acid groups (broad SMARTS) is 1. The molecule has 5 aromatic rings. The largest absolute Gasteiger partial charge is 0.507 e. The minimum absolute atomic E-state index is 0.0119. The van der Waals surface area contributed by atoms with Crippen LogP contribution in [0.5, 0.6) is 23.0 Å². The number of amides is 8. The highest BCUT2D eigenvalue weighted by Gasteiger charge is 2.30. The van der Waals surface area contributed by atoms with Crippen molar-refractivity contribution in [3.8, 4) is 23.0 Å². The maximum atomic E-state index is 14.3. The van der Waals surface area contributed by atoms with E-state index in [1.807, 2.05) is 0 Å². The molecule has 5 atom stereocenters. The first-order valence-corrected chi connectivity index (χ1v) is 29.9. The van der Waals surface area contributed by atoms with Crippen molar-refractivity contribution in [1.29, 1.82) is 0 Å². The van der Waals surface area contributed by atoms with Gasteiger partial charge in [-0.05, 0) is 175 Å². The summed E-state index contributed by atoms with van der Waals surface area (Å²) < 4.78 is 16.4. The third-order valence-electron chi connectivity index (χ3n) is 14.5. The Bertz CT molecular complexity index is 3300. The molecular formula is C64H85N13O14. The first-order chi connectivity index (χ1) is 43.8. The number of carbonyl (C=O) groups excluding carboxylic acids is 8. The molecule has 20 N–H and O–H groups in total. The molecule has 5 aromatic carbocycles. The second-order valence-electron chi connectivity index (χ2n) is 21.3. The number of carboxylic acids is 1. The van der Waals surface area contributed by atoms with E-state index in [9.17, 15) is 53.4 Å². The van der Waals surface area contributed by atoms with Gasteiger partial charge in [0.1, 0.15) is 47.2 Å². The van der Waals surface area contributed by atoms with E-state index in [2.05, 4.69) is 42.5 Å². The average molecular weight is 1260 g/mol. The lowest BCUT2D eigenvalue weighted by atomic mass is 10.0. The number of nitrogens with one attached hydrogen (secondary N) is 8. The van der Waals surface area contributed by atoms with Crippen molar-refractivity contribution in [1.82, 2.24) is 21.3 Å². The van der Waals surface area contributed by atoms with Crippen LogP contribution in [-0.4, -0.2) is 141 Å². The summed E-state index contributed by atoms with van der Waals surface area (Å²) in [5.41, 5.74) is 29.7. The SMILES string of the molecule is COc1ccc(NC(=O)C(CCCCN)NC(=O)c2cc(NC(=O)C(CCCCN)NC(=O)c3cc(NC(=O)C(CCCCN)NC(=O)c4cc(NC(=O)C(N)CCCCN)ccc4OC)ccc3OC)ccc2O)cc1C(=O)NC(Cc1ccccc1)C(=O)O. The van der Waals surface area contributed by atoms with E-state index in [1.54, 1.807) is 36.4 Å². The summed E-state index contributed by atoms with van der Waals surface area (Å²) >= 11 is 0. The molecule has 8 amide bonds. The van der Waals surface area contributed by atoms with Gasteiger partial charge < -0.3 is 95.6 Å². The molecule has 27 heteroatoms. The van der Waals surface area contributed by atoms with Gasteiger partial charge in [0, 0.05) is 29.2 Å². The van der Waals surface area contributed by atoms with Crippen LogP contribution in [0.15, 0.2) is 103 Å². The van der Waals surface area contributed by atoms with E-state index in [1.165, 1.54) is 82.0 Å². The topological polar surface area (TPSA) is 448 Å². The minimum Gasteiger partial charge on any atom is -0.507 e. The summed E-state index contributed by atoms with van der Waals surface area (Å²) in [5.74, 6) is -7.20. The number of carbonyl (C=O) groups is 9. The highest BCUT2D eigenvalue weighted by atomic mass is 16.5. The number of phenolic OH excluding ortho intramolecular Hbond substituents is 1. The first-order valence-electron chi connectivity index (χ1n) is 29.9. The third-order valence-corrected chi connectivity index (χ3v) is 14.5. The van der Waals surface area contributed by atoms with E-state index in [-0.39, 0.29) is 101 Å². The van der Waals surface area contributed by atoms with Gasteiger partial charge in [-0.15, -0.1) is 0 Å². The van der Waals surface area contributed by atoms with Gasteiger partial charge in [0.15, 0.2) is 0 Å². The van der Waals surface area contributed by atoms with Crippen molar-refractivity contribution in [2.75, 3.05) is 68.8 Å². The summed E-state index contributed by atoms with van der Waals surface area (Å²) in [7, 11) is 4.01. The molecule has 0 aliphatic rings. The molecule has 5 rings (SSSR count). The van der Waals surface area contributed by atoms with Gasteiger partial charge in [-0.1, -0.05) is 36.8 Å². The highest BCUT2D eigenvalue weighted by Crippen LogP contribution is 2.28. The van der Waals surface area contributed by atoms with Gasteiger partial charge in [-0.25, -0.2) is 4.79 Å². The van der Waals surface area contributed by atoms with Crippen LogP contribution in [0.3, 0.4) is 0 Å². The van der Waals surface area contributed by atoms with Crippen molar-refractivity contribution in [3.05, 3.63) is 131 Å². The monoisotopic (exact) mass is 1260 g/mol. The van der Waals surface area contributed by atoms with Crippen LogP contribution < -0.4 is 85.4 Å². The Morgan fingerprint density at radius 1 is 0.407 bits per heavy atom. The molecule has 490 valence electrons. The van der Waals surface area contributed by atoms with E-state index in [0.29, 0.717) is 76.4 Å². The zero-order valence-electron chi connectivity index (χ0n) is 51.4. The lowest BCUT2D eigenvalue weighted by molar-refractivity contribution is -0.139. The molecule has 0 saturated carbocycles. The number of aliphatic carboxylic acids is 1. The van der Waals surface area contributed by atoms with Crippen LogP contribution >= 0.6 is 0 Å². The normalized spacial score (nSPS) is 12.5. The molecule has 91 heavy (non-hydrogen) atoms. The number of ether oxygens (including phenoxy) is 3. The van der Waals surface area contributed by atoms with Crippen molar-refractivity contribution < 1.29 is 67.6 Å². The van der Waals surface area contributed by atoms with Crippen molar-refractivity contribution >= 4 is 76.0 Å². The Labute approximate surface area is 528 Å². The fourth-order valence-corrected chi connectivity index (χ4v) is 9.53. The van der Waals surface area contributed by atoms with Crippen molar-refractivity contribution in [2.45, 2.75) is 114 Å². The van der Waals surface area contributed by atoms with E-state index in [0.717, 1.165) is 6.07 Å². The summed E-state index contributed by atoms with van der Waals surface area (Å²) in [5, 5.41) is 42.5. The number of anilines is 4. The zero-order chi connectivity index (χ0) is 66.4. The minimum atomic E-state index is -1.31. The van der Waals surface area contributed by atoms with Crippen molar-refractivity contribution in [2.24, 2.45) is 28.7 Å². The number of hydrogen-bond acceptors (Lipinski definition) is 18. The molecule has 0 bridgehead atoms. The van der Waals surface area contributed by atoms with Gasteiger partial charge >= 0.3 is 5.97 Å². The first kappa shape index (κ1) is 72.1. The molecule has 0 aliphatic carbocycles. The number of benzene rings is 5. The fourth-order valence-electron chi connectivity index (χ4n) is 9.53. The molecule has 27 nitrogen and oxygen atoms in total. The molecule has 0 spiro atoms. The summed E-state index contributed by atoms with van der Waals surface area (Å²) in [6, 6.07) is 19.5. The van der Waals surface area contributed by atoms with E-state index in [4.69, 9.17) is 42.9 Å². The van der Waals surface area contributed by atoms with Crippen molar-refractivity contribution in [3.63, 3.8) is 0 Å². The Hall–Kier alpha value is -9.67. The van der Waals surface area contributed by atoms with Gasteiger partial charge in [-0.3, -0.25) is 38.4 Å². The third kappa shape index (κ3) is 22.4. The second-order valence-corrected chi connectivity index (χ2v) is 21.3. The zero-order valence-corrected chi connectivity index (χ0v) is 51.4. The lowest BCUT2D eigenvalue weighted by Crippen LogP contribution is -2.44. The van der Waals surface area contributed by atoms with Crippen LogP contribution in [0.1, 0.15) is 124 Å². The maximum Gasteiger partial charge on any atom is 0.326 e. The van der Waals surface area contributed by atoms with E-state index >= 15 is 0 Å². The Morgan fingerprint density at radius 3 is 1.08 bits per heavy atom. The molecule has 0 saturated heterocycles. The number of methoxy groups -OCH3 is 3. The number of hydrogen-bond donors (Lipinski definition) is 15. The molecule has 0 fully saturated rings. The Kier molecular flexibility index (Phi) is 29.6. The average Bonchev–Trinajstić information content (AvgIpc) is 2.74. The van der Waals surface area contributed by atoms with Crippen LogP contribution in [0.25, 0.3) is 0 Å².